The fraction of sp³-hybridized carbons (Fsp3) is 0.556. The second kappa shape index (κ2) is 2.74. The Hall–Kier alpha value is -1.07. The van der Waals surface area contributed by atoms with Crippen molar-refractivity contribution in [2.45, 2.75) is 12.1 Å². The lowest BCUT2D eigenvalue weighted by atomic mass is 9.97. The SMILES string of the molecule is CN1c2cc(Cl)nc(=O)n2CC12COC2. The molecule has 0 N–H and O–H groups in total. The molecule has 1 aromatic heterocycles. The van der Waals surface area contributed by atoms with Gasteiger partial charge in [0, 0.05) is 13.1 Å². The summed E-state index contributed by atoms with van der Waals surface area (Å²) in [6, 6.07) is 1.72. The Bertz CT molecular complexity index is 481. The molecule has 6 heteroatoms. The summed E-state index contributed by atoms with van der Waals surface area (Å²) in [6.45, 7) is 1.95. The van der Waals surface area contributed by atoms with Gasteiger partial charge in [-0.15, -0.1) is 0 Å². The predicted molar refractivity (Wildman–Crippen MR) is 55.5 cm³/mol. The van der Waals surface area contributed by atoms with Crippen molar-refractivity contribution in [3.63, 3.8) is 0 Å². The molecule has 1 spiro atoms. The van der Waals surface area contributed by atoms with Gasteiger partial charge in [0.1, 0.15) is 16.5 Å². The van der Waals surface area contributed by atoms with Gasteiger partial charge in [0.25, 0.3) is 0 Å². The highest BCUT2D eigenvalue weighted by Crippen LogP contribution is 2.36. The lowest BCUT2D eigenvalue weighted by molar-refractivity contribution is -0.0557. The fourth-order valence-electron chi connectivity index (χ4n) is 2.16. The summed E-state index contributed by atoms with van der Waals surface area (Å²) in [5.41, 5.74) is -0.341. The Balaban J connectivity index is 2.16. The first-order chi connectivity index (χ1) is 7.12. The van der Waals surface area contributed by atoms with Crippen molar-refractivity contribution in [2.75, 3.05) is 25.2 Å². The second-order valence-corrected chi connectivity index (χ2v) is 4.47. The minimum absolute atomic E-state index is 0.0570. The van der Waals surface area contributed by atoms with Crippen LogP contribution in [0.5, 0.6) is 0 Å². The van der Waals surface area contributed by atoms with Gasteiger partial charge in [0.15, 0.2) is 0 Å². The number of fused-ring (bicyclic) bond motifs is 1. The Kier molecular flexibility index (Phi) is 1.67. The van der Waals surface area contributed by atoms with E-state index in [1.807, 2.05) is 7.05 Å². The van der Waals surface area contributed by atoms with Crippen molar-refractivity contribution >= 4 is 17.4 Å². The van der Waals surface area contributed by atoms with Crippen molar-refractivity contribution in [2.24, 2.45) is 0 Å². The maximum atomic E-state index is 11.6. The van der Waals surface area contributed by atoms with Crippen LogP contribution in [0.4, 0.5) is 5.82 Å². The van der Waals surface area contributed by atoms with Gasteiger partial charge >= 0.3 is 5.69 Å². The molecule has 1 saturated heterocycles. The van der Waals surface area contributed by atoms with Crippen LogP contribution in [-0.2, 0) is 11.3 Å². The van der Waals surface area contributed by atoms with Gasteiger partial charge in [-0.2, -0.15) is 4.98 Å². The van der Waals surface area contributed by atoms with Crippen LogP contribution in [-0.4, -0.2) is 35.4 Å². The molecular formula is C9H10ClN3O2. The van der Waals surface area contributed by atoms with Gasteiger partial charge in [-0.05, 0) is 0 Å². The van der Waals surface area contributed by atoms with E-state index in [2.05, 4.69) is 9.88 Å². The van der Waals surface area contributed by atoms with Crippen LogP contribution in [0.25, 0.3) is 0 Å². The standard InChI is InChI=1S/C9H10ClN3O2/c1-12-7-2-6(10)11-8(14)13(7)3-9(12)4-15-5-9/h2H,3-5H2,1H3. The van der Waals surface area contributed by atoms with Crippen molar-refractivity contribution in [3.05, 3.63) is 21.7 Å². The predicted octanol–water partition coefficient (Wildman–Crippen LogP) is 0.115. The number of halogens is 1. The minimum atomic E-state index is -0.284. The van der Waals surface area contributed by atoms with E-state index in [9.17, 15) is 4.79 Å². The molecule has 2 aliphatic rings. The highest BCUT2D eigenvalue weighted by molar-refractivity contribution is 6.29. The summed E-state index contributed by atoms with van der Waals surface area (Å²) in [5.74, 6) is 0.822. The third kappa shape index (κ3) is 1.07. The minimum Gasteiger partial charge on any atom is -0.376 e. The van der Waals surface area contributed by atoms with Gasteiger partial charge in [-0.3, -0.25) is 4.57 Å². The maximum Gasteiger partial charge on any atom is 0.350 e. The van der Waals surface area contributed by atoms with E-state index >= 15 is 0 Å². The summed E-state index contributed by atoms with van der Waals surface area (Å²) >= 11 is 5.77. The zero-order valence-electron chi connectivity index (χ0n) is 8.23. The van der Waals surface area contributed by atoms with E-state index < -0.39 is 0 Å². The molecule has 80 valence electrons. The smallest absolute Gasteiger partial charge is 0.350 e. The molecule has 0 amide bonds. The van der Waals surface area contributed by atoms with Crippen LogP contribution in [0.3, 0.4) is 0 Å². The van der Waals surface area contributed by atoms with Gasteiger partial charge in [0.05, 0.1) is 19.8 Å². The fourth-order valence-corrected chi connectivity index (χ4v) is 2.33. The number of aromatic nitrogens is 2. The molecule has 0 radical (unpaired) electrons. The number of nitrogens with zero attached hydrogens (tertiary/aromatic N) is 3. The quantitative estimate of drug-likeness (QED) is 0.591. The molecule has 15 heavy (non-hydrogen) atoms. The number of likely N-dealkylation sites (N-methyl/N-ethyl adjacent to an activating group) is 1. The molecule has 3 heterocycles. The summed E-state index contributed by atoms with van der Waals surface area (Å²) < 4.78 is 6.87. The van der Waals surface area contributed by atoms with Crippen molar-refractivity contribution < 1.29 is 4.74 Å². The first kappa shape index (κ1) is 9.18. The van der Waals surface area contributed by atoms with E-state index in [-0.39, 0.29) is 16.4 Å². The zero-order chi connectivity index (χ0) is 10.6. The summed E-state index contributed by atoms with van der Waals surface area (Å²) in [7, 11) is 1.96. The highest BCUT2D eigenvalue weighted by atomic mass is 35.5. The molecule has 0 bridgehead atoms. The molecule has 0 aliphatic carbocycles. The molecule has 3 rings (SSSR count). The number of hydrogen-bond acceptors (Lipinski definition) is 4. The normalized spacial score (nSPS) is 21.6. The first-order valence-electron chi connectivity index (χ1n) is 4.71. The van der Waals surface area contributed by atoms with Crippen LogP contribution in [0, 0.1) is 0 Å². The third-order valence-electron chi connectivity index (χ3n) is 3.21. The summed E-state index contributed by atoms with van der Waals surface area (Å²) in [5, 5.41) is 0.246. The number of ether oxygens (including phenoxy) is 1. The average molecular weight is 228 g/mol. The summed E-state index contributed by atoms with van der Waals surface area (Å²) in [4.78, 5) is 17.4. The van der Waals surface area contributed by atoms with Gasteiger partial charge < -0.3 is 9.64 Å². The largest absolute Gasteiger partial charge is 0.376 e. The highest BCUT2D eigenvalue weighted by Gasteiger charge is 2.48. The van der Waals surface area contributed by atoms with Crippen LogP contribution in [0.2, 0.25) is 5.15 Å². The van der Waals surface area contributed by atoms with Gasteiger partial charge in [0.2, 0.25) is 0 Å². The number of anilines is 1. The van der Waals surface area contributed by atoms with Crippen LogP contribution in [0.1, 0.15) is 0 Å². The maximum absolute atomic E-state index is 11.6. The molecule has 5 nitrogen and oxygen atoms in total. The Morgan fingerprint density at radius 2 is 2.33 bits per heavy atom. The van der Waals surface area contributed by atoms with E-state index in [1.54, 1.807) is 10.6 Å². The van der Waals surface area contributed by atoms with Crippen LogP contribution in [0.15, 0.2) is 10.9 Å². The number of rotatable bonds is 0. The van der Waals surface area contributed by atoms with E-state index in [1.165, 1.54) is 0 Å². The first-order valence-corrected chi connectivity index (χ1v) is 5.09. The van der Waals surface area contributed by atoms with E-state index in [0.717, 1.165) is 5.82 Å². The molecule has 0 saturated carbocycles. The van der Waals surface area contributed by atoms with Crippen molar-refractivity contribution in [3.8, 4) is 0 Å². The van der Waals surface area contributed by atoms with Crippen molar-refractivity contribution in [1.82, 2.24) is 9.55 Å². The topological polar surface area (TPSA) is 47.4 Å². The second-order valence-electron chi connectivity index (χ2n) is 4.08. The monoisotopic (exact) mass is 227 g/mol. The Labute approximate surface area is 91.2 Å². The molecule has 1 fully saturated rings. The third-order valence-corrected chi connectivity index (χ3v) is 3.40. The molecule has 0 aromatic carbocycles. The lowest BCUT2D eigenvalue weighted by Gasteiger charge is -2.43. The lowest BCUT2D eigenvalue weighted by Crippen LogP contribution is -2.60. The Morgan fingerprint density at radius 3 is 2.93 bits per heavy atom. The van der Waals surface area contributed by atoms with Gasteiger partial charge in [-0.25, -0.2) is 4.79 Å². The summed E-state index contributed by atoms with van der Waals surface area (Å²) in [6.07, 6.45) is 0. The van der Waals surface area contributed by atoms with E-state index in [0.29, 0.717) is 19.8 Å². The van der Waals surface area contributed by atoms with Crippen LogP contribution >= 0.6 is 11.6 Å². The number of hydrogen-bond donors (Lipinski definition) is 0. The van der Waals surface area contributed by atoms with E-state index in [4.69, 9.17) is 16.3 Å². The zero-order valence-corrected chi connectivity index (χ0v) is 8.99. The van der Waals surface area contributed by atoms with Gasteiger partial charge in [-0.1, -0.05) is 11.6 Å². The Morgan fingerprint density at radius 1 is 1.60 bits per heavy atom. The average Bonchev–Trinajstić information content (AvgIpc) is 2.40. The molecule has 1 aromatic rings. The molecule has 2 aliphatic heterocycles. The van der Waals surface area contributed by atoms with Crippen molar-refractivity contribution in [1.29, 1.82) is 0 Å². The molecular weight excluding hydrogens is 218 g/mol. The van der Waals surface area contributed by atoms with Crippen LogP contribution < -0.4 is 10.6 Å². The molecule has 0 unspecified atom stereocenters. The molecule has 0 atom stereocenters.